The predicted molar refractivity (Wildman–Crippen MR) is 243 cm³/mol. The van der Waals surface area contributed by atoms with Crippen LogP contribution in [0.1, 0.15) is 99.4 Å². The largest absolute Gasteiger partial charge is 0.495 e. The van der Waals surface area contributed by atoms with Crippen molar-refractivity contribution in [3.63, 3.8) is 0 Å². The highest BCUT2D eigenvalue weighted by Crippen LogP contribution is 2.44. The first-order valence-corrected chi connectivity index (χ1v) is 23.2. The minimum absolute atomic E-state index is 0.0388. The zero-order chi connectivity index (χ0) is 46.3. The molecular weight excluding hydrogens is 853 g/mol. The van der Waals surface area contributed by atoms with Crippen molar-refractivity contribution in [1.29, 1.82) is 0 Å². The third-order valence-electron chi connectivity index (χ3n) is 14.7. The van der Waals surface area contributed by atoms with Gasteiger partial charge >= 0.3 is 0 Å². The lowest BCUT2D eigenvalue weighted by atomic mass is 9.80. The van der Waals surface area contributed by atoms with Crippen molar-refractivity contribution in [2.45, 2.75) is 101 Å². The second-order valence-corrected chi connectivity index (χ2v) is 18.9. The van der Waals surface area contributed by atoms with Crippen molar-refractivity contribution in [2.24, 2.45) is 5.92 Å². The first-order valence-electron chi connectivity index (χ1n) is 23.2. The number of fused-ring (bicyclic) bond motifs is 1. The van der Waals surface area contributed by atoms with Gasteiger partial charge in [0.1, 0.15) is 28.8 Å². The molecule has 2 unspecified atom stereocenters. The van der Waals surface area contributed by atoms with E-state index >= 15 is 8.78 Å². The molecule has 66 heavy (non-hydrogen) atoms. The summed E-state index contributed by atoms with van der Waals surface area (Å²) in [5.41, 5.74) is 1.09. The van der Waals surface area contributed by atoms with Crippen molar-refractivity contribution in [1.82, 2.24) is 25.5 Å². The monoisotopic (exact) mass is 911 g/mol. The van der Waals surface area contributed by atoms with E-state index in [4.69, 9.17) is 14.5 Å². The number of piperidine rings is 2. The highest BCUT2D eigenvalue weighted by Gasteiger charge is 2.51. The Morgan fingerprint density at radius 1 is 1.06 bits per heavy atom. The van der Waals surface area contributed by atoms with Gasteiger partial charge in [-0.25, -0.2) is 13.8 Å². The second kappa shape index (κ2) is 18.5. The van der Waals surface area contributed by atoms with E-state index < -0.39 is 40.5 Å². The molecule has 4 amide bonds. The number of nitrogens with zero attached hydrogens (tertiary/aromatic N) is 6. The summed E-state index contributed by atoms with van der Waals surface area (Å²) in [5.74, 6) is -2.43. The van der Waals surface area contributed by atoms with E-state index in [1.54, 1.807) is 36.3 Å². The standard InChI is InChI=1S/C48H59F2N9O7/c1-4-37-45(64)56(2)38-24-51-46(54-42(38)59(37)31-7-5-6-8-31)52-36-11-9-30(21-39(36)65-3)43(62)55-47(16-20-60)27-48(66-28-47)14-18-57(19-15-48)25-29-13-17-58(26-29)32-22-34(49)41(35(50)23-32)33-10-12-40(61)53-44(33)63/h4,9,11,21-24,29,31,33,60H,5-8,10,12-20,25-28H2,1-3H3,(H,55,62)(H,51,52,54)(H,53,61,63)/b37-4+/t29-,33?,47?/m1/s1. The Bertz CT molecular complexity index is 2400. The van der Waals surface area contributed by atoms with Crippen LogP contribution in [0.4, 0.5) is 37.6 Å². The quantitative estimate of drug-likeness (QED) is 0.136. The average molecular weight is 912 g/mol. The van der Waals surface area contributed by atoms with Gasteiger partial charge in [0.05, 0.1) is 42.7 Å². The lowest BCUT2D eigenvalue weighted by molar-refractivity contribution is -0.134. The zero-order valence-electron chi connectivity index (χ0n) is 37.8. The number of methoxy groups -OCH3 is 1. The fraction of sp³-hybridized carbons (Fsp3) is 0.542. The summed E-state index contributed by atoms with van der Waals surface area (Å²) in [4.78, 5) is 68.7. The minimum atomic E-state index is -1.03. The second-order valence-electron chi connectivity index (χ2n) is 18.9. The van der Waals surface area contributed by atoms with Gasteiger partial charge in [-0.1, -0.05) is 18.9 Å². The number of carbonyl (C=O) groups is 4. The number of amides is 4. The number of allylic oxidation sites excluding steroid dienone is 1. The van der Waals surface area contributed by atoms with Crippen molar-refractivity contribution in [2.75, 3.05) is 80.1 Å². The van der Waals surface area contributed by atoms with Crippen LogP contribution < -0.4 is 35.4 Å². The minimum Gasteiger partial charge on any atom is -0.495 e. The Hall–Kier alpha value is -5.72. The topological polar surface area (TPSA) is 182 Å². The van der Waals surface area contributed by atoms with Gasteiger partial charge in [-0.15, -0.1) is 0 Å². The molecule has 4 N–H and O–H groups in total. The Kier molecular flexibility index (Phi) is 12.7. The predicted octanol–water partition coefficient (Wildman–Crippen LogP) is 5.29. The fourth-order valence-corrected chi connectivity index (χ4v) is 11.1. The number of anilines is 5. The van der Waals surface area contributed by atoms with Gasteiger partial charge in [-0.2, -0.15) is 4.98 Å². The van der Waals surface area contributed by atoms with Crippen LogP contribution in [0.2, 0.25) is 0 Å². The summed E-state index contributed by atoms with van der Waals surface area (Å²) in [5, 5.41) is 18.9. The summed E-state index contributed by atoms with van der Waals surface area (Å²) in [6, 6.07) is 7.88. The maximum atomic E-state index is 15.3. The van der Waals surface area contributed by atoms with Gasteiger partial charge in [0.2, 0.25) is 17.8 Å². The van der Waals surface area contributed by atoms with Crippen LogP contribution >= 0.6 is 0 Å². The highest BCUT2D eigenvalue weighted by molar-refractivity contribution is 6.12. The normalized spacial score (nSPS) is 25.2. The van der Waals surface area contributed by atoms with Crippen LogP contribution in [0.3, 0.4) is 0 Å². The summed E-state index contributed by atoms with van der Waals surface area (Å²) < 4.78 is 42.9. The number of nitrogens with one attached hydrogen (secondary N) is 3. The van der Waals surface area contributed by atoms with Crippen LogP contribution in [0.25, 0.3) is 0 Å². The Balaban J connectivity index is 0.807. The number of likely N-dealkylation sites (tertiary alicyclic amines) is 1. The number of ether oxygens (including phenoxy) is 2. The molecule has 3 aromatic rings. The highest BCUT2D eigenvalue weighted by atomic mass is 19.1. The number of benzene rings is 2. The summed E-state index contributed by atoms with van der Waals surface area (Å²) in [7, 11) is 3.26. The first kappa shape index (κ1) is 45.4. The number of imide groups is 1. The van der Waals surface area contributed by atoms with Gasteiger partial charge in [-0.3, -0.25) is 24.5 Å². The van der Waals surface area contributed by atoms with Crippen molar-refractivity contribution in [3.8, 4) is 5.75 Å². The van der Waals surface area contributed by atoms with E-state index in [-0.39, 0.29) is 55.4 Å². The Morgan fingerprint density at radius 3 is 2.52 bits per heavy atom. The summed E-state index contributed by atoms with van der Waals surface area (Å²) in [6.45, 7) is 5.70. The number of carbonyl (C=O) groups excluding carboxylic acids is 4. The molecule has 2 aromatic carbocycles. The third kappa shape index (κ3) is 8.82. The SMILES string of the molecule is C/C=C1\C(=O)N(C)c2cnc(Nc3ccc(C(=O)NC4(CCO)COC5(CCN(C[C@H]6CCN(c7cc(F)c(C8CCC(=O)NC8=O)c(F)c7)C6)CC5)C4)cc3OC)nc2N1C1CCCC1. The smallest absolute Gasteiger partial charge is 0.274 e. The van der Waals surface area contributed by atoms with E-state index in [9.17, 15) is 24.3 Å². The van der Waals surface area contributed by atoms with Crippen LogP contribution in [0.15, 0.2) is 48.3 Å². The van der Waals surface area contributed by atoms with E-state index in [0.717, 1.165) is 64.6 Å². The van der Waals surface area contributed by atoms with Gasteiger partial charge in [-0.05, 0) is 88.1 Å². The molecule has 1 spiro atoms. The molecule has 5 aliphatic heterocycles. The molecule has 0 radical (unpaired) electrons. The maximum Gasteiger partial charge on any atom is 0.274 e. The molecular formula is C48H59F2N9O7. The molecule has 352 valence electrons. The molecule has 6 heterocycles. The molecule has 3 atom stereocenters. The van der Waals surface area contributed by atoms with Crippen molar-refractivity contribution in [3.05, 3.63) is 71.1 Å². The van der Waals surface area contributed by atoms with Crippen LogP contribution in [-0.2, 0) is 19.1 Å². The number of halogens is 2. The van der Waals surface area contributed by atoms with Crippen LogP contribution in [0.5, 0.6) is 5.75 Å². The zero-order valence-corrected chi connectivity index (χ0v) is 37.8. The molecule has 6 aliphatic rings. The van der Waals surface area contributed by atoms with E-state index in [0.29, 0.717) is 71.8 Å². The number of hydrogen-bond donors (Lipinski definition) is 4. The lowest BCUT2D eigenvalue weighted by Gasteiger charge is -2.40. The molecule has 18 heteroatoms. The molecule has 1 aromatic heterocycles. The number of likely N-dealkylation sites (N-methyl/N-ethyl adjacent to an activating group) is 1. The fourth-order valence-electron chi connectivity index (χ4n) is 11.1. The molecule has 9 rings (SSSR count). The number of rotatable bonds is 12. The number of hydrogen-bond acceptors (Lipinski definition) is 13. The number of aromatic nitrogens is 2. The van der Waals surface area contributed by atoms with Gasteiger partial charge < -0.3 is 44.8 Å². The van der Waals surface area contributed by atoms with Crippen LogP contribution in [-0.4, -0.2) is 121 Å². The number of aliphatic hydroxyl groups excluding tert-OH is 1. The van der Waals surface area contributed by atoms with Crippen LogP contribution in [0, 0.1) is 17.6 Å². The molecule has 4 saturated heterocycles. The first-order chi connectivity index (χ1) is 31.8. The lowest BCUT2D eigenvalue weighted by Crippen LogP contribution is -2.52. The van der Waals surface area contributed by atoms with E-state index in [1.807, 2.05) is 17.9 Å². The number of aliphatic hydroxyl groups is 1. The Morgan fingerprint density at radius 2 is 1.82 bits per heavy atom. The van der Waals surface area contributed by atoms with Crippen molar-refractivity contribution < 1.29 is 42.5 Å². The van der Waals surface area contributed by atoms with Crippen molar-refractivity contribution >= 4 is 52.5 Å². The third-order valence-corrected chi connectivity index (χ3v) is 14.7. The van der Waals surface area contributed by atoms with E-state index in [1.165, 1.54) is 19.2 Å². The molecule has 1 saturated carbocycles. The van der Waals surface area contributed by atoms with Gasteiger partial charge in [0.15, 0.2) is 5.82 Å². The van der Waals surface area contributed by atoms with E-state index in [2.05, 4.69) is 30.7 Å². The summed E-state index contributed by atoms with van der Waals surface area (Å²) in [6.07, 6.45) is 11.0. The average Bonchev–Trinajstić information content (AvgIpc) is 4.08. The molecule has 0 bridgehead atoms. The van der Waals surface area contributed by atoms with Gasteiger partial charge in [0.25, 0.3) is 11.8 Å². The molecule has 5 fully saturated rings. The maximum absolute atomic E-state index is 15.3. The molecule has 16 nitrogen and oxygen atoms in total. The summed E-state index contributed by atoms with van der Waals surface area (Å²) >= 11 is 0. The Labute approximate surface area is 383 Å². The molecule has 1 aliphatic carbocycles. The van der Waals surface area contributed by atoms with Gasteiger partial charge in [0, 0.05) is 82.1 Å².